The molecule has 6 aromatic rings. The van der Waals surface area contributed by atoms with Gasteiger partial charge >= 0.3 is 0 Å². The molecule has 0 saturated carbocycles. The number of aromatic nitrogens is 2. The second-order valence-corrected chi connectivity index (χ2v) is 7.46. The highest BCUT2D eigenvalue weighted by Gasteiger charge is 2.23. The van der Waals surface area contributed by atoms with E-state index in [1.54, 1.807) is 6.07 Å². The second kappa shape index (κ2) is 4.73. The summed E-state index contributed by atoms with van der Waals surface area (Å²) in [6.07, 6.45) is 6.26. The molecule has 4 heteroatoms. The van der Waals surface area contributed by atoms with Gasteiger partial charge in [-0.05, 0) is 35.9 Å². The summed E-state index contributed by atoms with van der Waals surface area (Å²) in [5.74, 6) is 0. The fourth-order valence-corrected chi connectivity index (χ4v) is 5.09. The van der Waals surface area contributed by atoms with Crippen molar-refractivity contribution >= 4 is 49.8 Å². The van der Waals surface area contributed by atoms with Crippen LogP contribution in [0.15, 0.2) is 71.8 Å². The van der Waals surface area contributed by atoms with Crippen molar-refractivity contribution in [2.45, 2.75) is 6.54 Å². The SMILES string of the molecule is O=c1cccc2c1c1c3c(c4c5ccccc5n5ccccn2c1c45)CNC=3. The molecule has 132 valence electrons. The Morgan fingerprint density at radius 2 is 1.50 bits per heavy atom. The molecule has 1 aliphatic heterocycles. The summed E-state index contributed by atoms with van der Waals surface area (Å²) in [5.41, 5.74) is 5.77. The van der Waals surface area contributed by atoms with E-state index in [9.17, 15) is 4.79 Å². The zero-order valence-corrected chi connectivity index (χ0v) is 14.9. The number of benzene rings is 3. The number of nitrogens with one attached hydrogen (secondary N) is 1. The van der Waals surface area contributed by atoms with E-state index < -0.39 is 0 Å². The van der Waals surface area contributed by atoms with Gasteiger partial charge in [-0.3, -0.25) is 4.79 Å². The van der Waals surface area contributed by atoms with Crippen LogP contribution in [0.2, 0.25) is 0 Å². The van der Waals surface area contributed by atoms with Crippen LogP contribution in [0.3, 0.4) is 0 Å². The van der Waals surface area contributed by atoms with Crippen molar-refractivity contribution in [3.05, 3.63) is 88.0 Å². The molecule has 0 fully saturated rings. The Morgan fingerprint density at radius 1 is 0.750 bits per heavy atom. The summed E-state index contributed by atoms with van der Waals surface area (Å²) < 4.78 is 4.45. The maximum absolute atomic E-state index is 12.9. The molecular formula is C24H15N3O. The third-order valence-corrected chi connectivity index (χ3v) is 6.13. The molecule has 0 unspecified atom stereocenters. The van der Waals surface area contributed by atoms with Crippen molar-refractivity contribution in [1.29, 1.82) is 0 Å². The zero-order valence-electron chi connectivity index (χ0n) is 14.9. The highest BCUT2D eigenvalue weighted by atomic mass is 16.1. The first kappa shape index (κ1) is 14.3. The number of rotatable bonds is 0. The van der Waals surface area contributed by atoms with E-state index in [1.807, 2.05) is 18.2 Å². The predicted molar refractivity (Wildman–Crippen MR) is 114 cm³/mol. The molecule has 1 aliphatic rings. The van der Waals surface area contributed by atoms with E-state index in [1.165, 1.54) is 27.4 Å². The van der Waals surface area contributed by atoms with Gasteiger partial charge in [-0.15, -0.1) is 0 Å². The molecule has 4 heterocycles. The minimum atomic E-state index is 0.0753. The second-order valence-electron chi connectivity index (χ2n) is 7.46. The van der Waals surface area contributed by atoms with Crippen LogP contribution in [0.5, 0.6) is 0 Å². The van der Waals surface area contributed by atoms with Crippen molar-refractivity contribution in [1.82, 2.24) is 14.1 Å². The Kier molecular flexibility index (Phi) is 2.41. The molecule has 3 aromatic carbocycles. The van der Waals surface area contributed by atoms with E-state index in [0.717, 1.165) is 33.6 Å². The summed E-state index contributed by atoms with van der Waals surface area (Å²) in [4.78, 5) is 12.9. The molecular weight excluding hydrogens is 346 g/mol. The van der Waals surface area contributed by atoms with E-state index in [0.29, 0.717) is 0 Å². The average Bonchev–Trinajstić information content (AvgIpc) is 3.36. The van der Waals surface area contributed by atoms with Crippen LogP contribution in [0.4, 0.5) is 0 Å². The lowest BCUT2D eigenvalue weighted by atomic mass is 10.0. The van der Waals surface area contributed by atoms with E-state index in [-0.39, 0.29) is 5.43 Å². The van der Waals surface area contributed by atoms with Gasteiger partial charge in [0.15, 0.2) is 5.43 Å². The van der Waals surface area contributed by atoms with Crippen molar-refractivity contribution in [3.63, 3.8) is 0 Å². The van der Waals surface area contributed by atoms with Crippen molar-refractivity contribution in [3.8, 4) is 0 Å². The minimum absolute atomic E-state index is 0.0753. The van der Waals surface area contributed by atoms with Crippen molar-refractivity contribution < 1.29 is 0 Å². The summed E-state index contributed by atoms with van der Waals surface area (Å²) in [7, 11) is 0. The summed E-state index contributed by atoms with van der Waals surface area (Å²) >= 11 is 0. The number of para-hydroxylation sites is 1. The lowest BCUT2D eigenvalue weighted by Gasteiger charge is -2.05. The molecule has 0 spiro atoms. The van der Waals surface area contributed by atoms with Gasteiger partial charge in [0.05, 0.1) is 27.5 Å². The van der Waals surface area contributed by atoms with Crippen LogP contribution >= 0.6 is 0 Å². The van der Waals surface area contributed by atoms with E-state index in [2.05, 4.69) is 63.0 Å². The van der Waals surface area contributed by atoms with Crippen LogP contribution < -0.4 is 16.0 Å². The van der Waals surface area contributed by atoms with Crippen LogP contribution in [-0.2, 0) is 6.54 Å². The van der Waals surface area contributed by atoms with Crippen molar-refractivity contribution in [2.24, 2.45) is 0 Å². The molecule has 0 bridgehead atoms. The highest BCUT2D eigenvalue weighted by molar-refractivity contribution is 6.24. The van der Waals surface area contributed by atoms with Crippen LogP contribution in [0.1, 0.15) is 5.56 Å². The smallest absolute Gasteiger partial charge is 0.188 e. The Labute approximate surface area is 158 Å². The van der Waals surface area contributed by atoms with Crippen LogP contribution in [-0.4, -0.2) is 8.80 Å². The fourth-order valence-electron chi connectivity index (χ4n) is 5.09. The van der Waals surface area contributed by atoms with Gasteiger partial charge < -0.3 is 14.1 Å². The predicted octanol–water partition coefficient (Wildman–Crippen LogP) is 3.57. The molecule has 0 aliphatic carbocycles. The largest absolute Gasteiger partial charge is 0.386 e. The maximum atomic E-state index is 12.9. The third-order valence-electron chi connectivity index (χ3n) is 6.13. The lowest BCUT2D eigenvalue weighted by Crippen LogP contribution is -2.08. The molecule has 0 radical (unpaired) electrons. The van der Waals surface area contributed by atoms with E-state index in [4.69, 9.17) is 0 Å². The third kappa shape index (κ3) is 1.48. The first-order chi connectivity index (χ1) is 13.8. The van der Waals surface area contributed by atoms with Gasteiger partial charge in [0.2, 0.25) is 0 Å². The molecule has 0 amide bonds. The zero-order chi connectivity index (χ0) is 18.4. The molecule has 28 heavy (non-hydrogen) atoms. The Morgan fingerprint density at radius 3 is 2.39 bits per heavy atom. The fraction of sp³-hybridized carbons (Fsp3) is 0.0417. The highest BCUT2D eigenvalue weighted by Crippen LogP contribution is 2.37. The quantitative estimate of drug-likeness (QED) is 0.449. The van der Waals surface area contributed by atoms with Crippen molar-refractivity contribution in [2.75, 3.05) is 0 Å². The first-order valence-electron chi connectivity index (χ1n) is 9.47. The number of hydrogen-bond acceptors (Lipinski definition) is 2. The van der Waals surface area contributed by atoms with Gasteiger partial charge in [-0.2, -0.15) is 0 Å². The topological polar surface area (TPSA) is 37.9 Å². The molecule has 4 nitrogen and oxygen atoms in total. The van der Waals surface area contributed by atoms with Gasteiger partial charge in [0.1, 0.15) is 0 Å². The van der Waals surface area contributed by atoms with Crippen LogP contribution in [0, 0.1) is 0 Å². The normalized spacial score (nSPS) is 13.6. The summed E-state index contributed by atoms with van der Waals surface area (Å²) in [5, 5.41) is 8.94. The molecule has 0 atom stereocenters. The molecule has 3 aromatic heterocycles. The van der Waals surface area contributed by atoms with Gasteiger partial charge in [-0.1, -0.05) is 24.3 Å². The maximum Gasteiger partial charge on any atom is 0.188 e. The first-order valence-corrected chi connectivity index (χ1v) is 9.47. The number of fused-ring (bicyclic) bond motifs is 9. The van der Waals surface area contributed by atoms with Gasteiger partial charge in [0, 0.05) is 46.5 Å². The summed E-state index contributed by atoms with van der Waals surface area (Å²) in [6, 6.07) is 18.2. The van der Waals surface area contributed by atoms with Crippen LogP contribution in [0.25, 0.3) is 49.8 Å². The lowest BCUT2D eigenvalue weighted by molar-refractivity contribution is 0.957. The molecule has 1 N–H and O–H groups in total. The average molecular weight is 361 g/mol. The Balaban J connectivity index is 2.04. The monoisotopic (exact) mass is 361 g/mol. The summed E-state index contributed by atoms with van der Waals surface area (Å²) in [6.45, 7) is 0.781. The molecule has 0 saturated heterocycles. The van der Waals surface area contributed by atoms with E-state index >= 15 is 0 Å². The minimum Gasteiger partial charge on any atom is -0.386 e. The van der Waals surface area contributed by atoms with Gasteiger partial charge in [-0.25, -0.2) is 0 Å². The standard InChI is InChI=1S/C24H15N3O/c28-19-9-5-8-18-22(19)21-16-13-25-12-15(16)20-14-6-1-2-7-17(14)26-10-3-4-11-27(18)24(21)23(20)26/h1-11,13,25H,12H2. The Hall–Kier alpha value is -3.79. The number of hydrogen-bond donors (Lipinski definition) is 1. The Bertz CT molecular complexity index is 1740. The number of nitrogens with zero attached hydrogens (tertiary/aromatic N) is 2. The molecule has 7 rings (SSSR count). The van der Waals surface area contributed by atoms with Gasteiger partial charge in [0.25, 0.3) is 0 Å².